The van der Waals surface area contributed by atoms with Gasteiger partial charge in [-0.05, 0) is 31.2 Å². The minimum absolute atomic E-state index is 0.0536. The van der Waals surface area contributed by atoms with Crippen molar-refractivity contribution in [3.8, 4) is 5.69 Å². The van der Waals surface area contributed by atoms with Crippen molar-refractivity contribution in [1.82, 2.24) is 9.78 Å². The Hall–Kier alpha value is -1.33. The molecule has 1 aromatic heterocycles. The first-order chi connectivity index (χ1) is 12.6. The van der Waals surface area contributed by atoms with E-state index in [1.807, 2.05) is 37.3 Å². The fourth-order valence-corrected chi connectivity index (χ4v) is 4.43. The van der Waals surface area contributed by atoms with E-state index in [4.69, 9.17) is 12.2 Å². The summed E-state index contributed by atoms with van der Waals surface area (Å²) in [5.41, 5.74) is 2.27. The van der Waals surface area contributed by atoms with E-state index >= 15 is 0 Å². The number of aromatic nitrogens is 2. The Balaban J connectivity index is 1.80. The monoisotopic (exact) mass is 390 g/mol. The van der Waals surface area contributed by atoms with Gasteiger partial charge in [0.15, 0.2) is 0 Å². The predicted octanol–water partition coefficient (Wildman–Crippen LogP) is 6.02. The van der Waals surface area contributed by atoms with E-state index in [1.165, 1.54) is 44.9 Å². The first-order valence-corrected chi connectivity index (χ1v) is 11.1. The third-order valence-electron chi connectivity index (χ3n) is 4.52. The number of nitrogens with zero attached hydrogens (tertiary/aromatic N) is 1. The first-order valence-electron chi connectivity index (χ1n) is 9.69. The second-order valence-electron chi connectivity index (χ2n) is 6.70. The highest BCUT2D eigenvalue weighted by molar-refractivity contribution is 8.23. The van der Waals surface area contributed by atoms with Crippen molar-refractivity contribution in [2.75, 3.05) is 5.75 Å². The van der Waals surface area contributed by atoms with Crippen LogP contribution in [0.5, 0.6) is 0 Å². The van der Waals surface area contributed by atoms with Gasteiger partial charge in [0.25, 0.3) is 5.56 Å². The van der Waals surface area contributed by atoms with Crippen molar-refractivity contribution in [1.29, 1.82) is 0 Å². The SMILES string of the molecule is CCCCCCCCCCSC(=S)c1c(C)[nH]n(-c2ccccc2)c1=O. The zero-order valence-corrected chi connectivity index (χ0v) is 17.6. The molecule has 0 atom stereocenters. The van der Waals surface area contributed by atoms with Crippen LogP contribution in [0.1, 0.15) is 69.5 Å². The molecule has 2 aromatic rings. The van der Waals surface area contributed by atoms with Crippen LogP contribution >= 0.6 is 24.0 Å². The zero-order chi connectivity index (χ0) is 18.8. The third kappa shape index (κ3) is 6.13. The van der Waals surface area contributed by atoms with E-state index < -0.39 is 0 Å². The van der Waals surface area contributed by atoms with Gasteiger partial charge in [0, 0.05) is 5.69 Å². The number of aryl methyl sites for hydroxylation is 1. The molecule has 0 bridgehead atoms. The number of thiocarbonyl (C=S) groups is 1. The minimum atomic E-state index is -0.0536. The lowest BCUT2D eigenvalue weighted by Gasteiger charge is -2.03. The van der Waals surface area contributed by atoms with Gasteiger partial charge in [0.05, 0.1) is 15.4 Å². The van der Waals surface area contributed by atoms with Crippen LogP contribution in [0.3, 0.4) is 0 Å². The number of H-pyrrole nitrogens is 1. The van der Waals surface area contributed by atoms with Crippen LogP contribution in [0, 0.1) is 6.92 Å². The quantitative estimate of drug-likeness (QED) is 0.376. The number of hydrogen-bond acceptors (Lipinski definition) is 3. The molecule has 0 saturated carbocycles. The average Bonchev–Trinajstić information content (AvgIpc) is 2.95. The average molecular weight is 391 g/mol. The summed E-state index contributed by atoms with van der Waals surface area (Å²) >= 11 is 7.17. The molecule has 0 fully saturated rings. The summed E-state index contributed by atoms with van der Waals surface area (Å²) in [5, 5.41) is 3.15. The summed E-state index contributed by atoms with van der Waals surface area (Å²) in [6.07, 6.45) is 10.5. The summed E-state index contributed by atoms with van der Waals surface area (Å²) in [7, 11) is 0. The number of nitrogens with one attached hydrogen (secondary N) is 1. The molecule has 0 unspecified atom stereocenters. The summed E-state index contributed by atoms with van der Waals surface area (Å²) in [5.74, 6) is 0.989. The molecule has 142 valence electrons. The molecule has 1 aromatic carbocycles. The Morgan fingerprint density at radius 3 is 2.31 bits per heavy atom. The van der Waals surface area contributed by atoms with E-state index in [0.29, 0.717) is 9.76 Å². The number of unbranched alkanes of at least 4 members (excludes halogenated alkanes) is 7. The third-order valence-corrected chi connectivity index (χ3v) is 6.04. The van der Waals surface area contributed by atoms with E-state index in [-0.39, 0.29) is 5.56 Å². The van der Waals surface area contributed by atoms with Gasteiger partial charge in [-0.15, -0.1) is 11.8 Å². The van der Waals surface area contributed by atoms with Crippen molar-refractivity contribution in [3.63, 3.8) is 0 Å². The number of aromatic amines is 1. The molecule has 0 aliphatic heterocycles. The molecule has 0 amide bonds. The van der Waals surface area contributed by atoms with Gasteiger partial charge < -0.3 is 0 Å². The van der Waals surface area contributed by atoms with Gasteiger partial charge in [-0.1, -0.05) is 82.3 Å². The van der Waals surface area contributed by atoms with Crippen LogP contribution in [0.25, 0.3) is 5.69 Å². The molecular weight excluding hydrogens is 360 g/mol. The van der Waals surface area contributed by atoms with Crippen LogP contribution in [0.4, 0.5) is 0 Å². The number of hydrogen-bond donors (Lipinski definition) is 1. The number of benzene rings is 1. The smallest absolute Gasteiger partial charge is 0.280 e. The van der Waals surface area contributed by atoms with Crippen molar-refractivity contribution in [2.45, 2.75) is 65.2 Å². The predicted molar refractivity (Wildman–Crippen MR) is 118 cm³/mol. The van der Waals surface area contributed by atoms with Crippen molar-refractivity contribution < 1.29 is 0 Å². The summed E-state index contributed by atoms with van der Waals surface area (Å²) < 4.78 is 2.29. The first kappa shape index (κ1) is 21.0. The van der Waals surface area contributed by atoms with Crippen molar-refractivity contribution in [3.05, 3.63) is 51.9 Å². The zero-order valence-electron chi connectivity index (χ0n) is 15.9. The molecule has 5 heteroatoms. The Bertz CT molecular complexity index is 734. The van der Waals surface area contributed by atoms with Gasteiger partial charge in [0.1, 0.15) is 0 Å². The van der Waals surface area contributed by atoms with Crippen LogP contribution in [-0.2, 0) is 0 Å². The van der Waals surface area contributed by atoms with E-state index in [0.717, 1.165) is 23.6 Å². The molecule has 0 saturated heterocycles. The topological polar surface area (TPSA) is 37.8 Å². The van der Waals surface area contributed by atoms with E-state index in [2.05, 4.69) is 12.0 Å². The lowest BCUT2D eigenvalue weighted by atomic mass is 10.1. The fourth-order valence-electron chi connectivity index (χ4n) is 3.02. The lowest BCUT2D eigenvalue weighted by molar-refractivity contribution is 0.586. The van der Waals surface area contributed by atoms with E-state index in [9.17, 15) is 4.79 Å². The molecule has 26 heavy (non-hydrogen) atoms. The largest absolute Gasteiger partial charge is 0.295 e. The second kappa shape index (κ2) is 11.4. The summed E-state index contributed by atoms with van der Waals surface area (Å²) in [6, 6.07) is 9.62. The molecule has 3 nitrogen and oxygen atoms in total. The van der Waals surface area contributed by atoms with Gasteiger partial charge in [0.2, 0.25) is 0 Å². The Morgan fingerprint density at radius 1 is 1.04 bits per heavy atom. The molecule has 1 N–H and O–H groups in total. The van der Waals surface area contributed by atoms with Gasteiger partial charge in [-0.2, -0.15) is 0 Å². The van der Waals surface area contributed by atoms with Crippen LogP contribution < -0.4 is 5.56 Å². The Morgan fingerprint density at radius 2 is 1.65 bits per heavy atom. The van der Waals surface area contributed by atoms with Gasteiger partial charge in [-0.3, -0.25) is 9.89 Å². The van der Waals surface area contributed by atoms with E-state index in [1.54, 1.807) is 16.4 Å². The molecule has 0 spiro atoms. The number of thioether (sulfide) groups is 1. The molecule has 0 radical (unpaired) electrons. The molecular formula is C21H30N2OS2. The van der Waals surface area contributed by atoms with Crippen molar-refractivity contribution in [2.24, 2.45) is 0 Å². The Labute approximate surface area is 166 Å². The number of rotatable bonds is 11. The van der Waals surface area contributed by atoms with Crippen LogP contribution in [0.2, 0.25) is 0 Å². The van der Waals surface area contributed by atoms with Crippen molar-refractivity contribution >= 4 is 28.2 Å². The lowest BCUT2D eigenvalue weighted by Crippen LogP contribution is -2.19. The highest BCUT2D eigenvalue weighted by Crippen LogP contribution is 2.18. The molecule has 0 aliphatic rings. The maximum absolute atomic E-state index is 12.7. The summed E-state index contributed by atoms with van der Waals surface area (Å²) in [6.45, 7) is 4.17. The highest BCUT2D eigenvalue weighted by Gasteiger charge is 2.16. The van der Waals surface area contributed by atoms with Crippen LogP contribution in [-0.4, -0.2) is 19.7 Å². The van der Waals surface area contributed by atoms with Gasteiger partial charge in [-0.25, -0.2) is 4.68 Å². The maximum atomic E-state index is 12.7. The molecule has 0 aliphatic carbocycles. The maximum Gasteiger partial charge on any atom is 0.280 e. The highest BCUT2D eigenvalue weighted by atomic mass is 32.2. The molecule has 1 heterocycles. The Kier molecular flexibility index (Phi) is 9.19. The standard InChI is InChI=1S/C21H30N2OS2/c1-3-4-5-6-7-8-9-13-16-26-21(25)19-17(2)22-23(20(19)24)18-14-11-10-12-15-18/h10-12,14-15,22H,3-9,13,16H2,1-2H3. The van der Waals surface area contributed by atoms with Crippen LogP contribution in [0.15, 0.2) is 35.1 Å². The molecule has 2 rings (SSSR count). The minimum Gasteiger partial charge on any atom is -0.295 e. The number of para-hydroxylation sites is 1. The van der Waals surface area contributed by atoms with Gasteiger partial charge >= 0.3 is 0 Å². The normalized spacial score (nSPS) is 11.0. The second-order valence-corrected chi connectivity index (χ2v) is 8.47. The summed E-state index contributed by atoms with van der Waals surface area (Å²) in [4.78, 5) is 12.7. The fraction of sp³-hybridized carbons (Fsp3) is 0.524.